The Kier molecular flexibility index (Phi) is 2.09. The van der Waals surface area contributed by atoms with Crippen LogP contribution >= 0.6 is 11.5 Å². The molecule has 13 heavy (non-hydrogen) atoms. The Morgan fingerprint density at radius 1 is 1.31 bits per heavy atom. The fourth-order valence-electron chi connectivity index (χ4n) is 0.877. The van der Waals surface area contributed by atoms with Gasteiger partial charge in [0.25, 0.3) is 0 Å². The Balaban J connectivity index is 2.34. The summed E-state index contributed by atoms with van der Waals surface area (Å²) < 4.78 is 3.92. The van der Waals surface area contributed by atoms with Crippen molar-refractivity contribution in [1.82, 2.24) is 14.3 Å². The summed E-state index contributed by atoms with van der Waals surface area (Å²) in [4.78, 5) is 19.2. The molecule has 2 heterocycles. The zero-order valence-corrected chi connectivity index (χ0v) is 7.36. The third-order valence-corrected chi connectivity index (χ3v) is 2.03. The van der Waals surface area contributed by atoms with E-state index in [1.807, 2.05) is 0 Å². The molecule has 0 spiro atoms. The van der Waals surface area contributed by atoms with E-state index in [9.17, 15) is 4.79 Å². The van der Waals surface area contributed by atoms with Crippen molar-refractivity contribution in [2.24, 2.45) is 0 Å². The third kappa shape index (κ3) is 1.59. The molecule has 0 saturated carbocycles. The first-order valence-corrected chi connectivity index (χ1v) is 4.42. The van der Waals surface area contributed by atoms with Crippen molar-refractivity contribution in [3.05, 3.63) is 41.4 Å². The topological polar surface area (TPSA) is 55.7 Å². The molecule has 0 fully saturated rings. The smallest absolute Gasteiger partial charge is 0.232 e. The van der Waals surface area contributed by atoms with Crippen LogP contribution in [-0.2, 0) is 0 Å². The maximum absolute atomic E-state index is 11.5. The molecule has 0 atom stereocenters. The highest BCUT2D eigenvalue weighted by molar-refractivity contribution is 7.03. The first kappa shape index (κ1) is 8.00. The van der Waals surface area contributed by atoms with Crippen molar-refractivity contribution in [3.63, 3.8) is 0 Å². The second kappa shape index (κ2) is 3.40. The molecule has 2 aromatic heterocycles. The van der Waals surface area contributed by atoms with Crippen LogP contribution in [0.4, 0.5) is 0 Å². The molecule has 0 aliphatic rings. The van der Waals surface area contributed by atoms with E-state index >= 15 is 0 Å². The molecule has 0 amide bonds. The predicted molar refractivity (Wildman–Crippen MR) is 47.6 cm³/mol. The molecule has 0 N–H and O–H groups in total. The SMILES string of the molecule is O=C(c1cnccn1)c1ccsn1. The minimum absolute atomic E-state index is 0.186. The first-order chi connectivity index (χ1) is 6.38. The van der Waals surface area contributed by atoms with Crippen molar-refractivity contribution in [2.75, 3.05) is 0 Å². The van der Waals surface area contributed by atoms with Crippen LogP contribution in [0.1, 0.15) is 16.2 Å². The number of nitrogens with zero attached hydrogens (tertiary/aromatic N) is 3. The van der Waals surface area contributed by atoms with Gasteiger partial charge < -0.3 is 0 Å². The zero-order chi connectivity index (χ0) is 9.10. The number of hydrogen-bond donors (Lipinski definition) is 0. The van der Waals surface area contributed by atoms with E-state index in [4.69, 9.17) is 0 Å². The summed E-state index contributed by atoms with van der Waals surface area (Å²) in [7, 11) is 0. The summed E-state index contributed by atoms with van der Waals surface area (Å²) in [6.07, 6.45) is 4.44. The Labute approximate surface area is 78.5 Å². The van der Waals surface area contributed by atoms with Gasteiger partial charge in [-0.15, -0.1) is 0 Å². The van der Waals surface area contributed by atoms with Gasteiger partial charge in [-0.25, -0.2) is 4.98 Å². The van der Waals surface area contributed by atoms with E-state index in [1.54, 1.807) is 11.4 Å². The fraction of sp³-hybridized carbons (Fsp3) is 0. The maximum Gasteiger partial charge on any atom is 0.232 e. The van der Waals surface area contributed by atoms with Crippen LogP contribution in [-0.4, -0.2) is 20.1 Å². The van der Waals surface area contributed by atoms with Crippen LogP contribution in [0.15, 0.2) is 30.0 Å². The number of ketones is 1. The molecule has 64 valence electrons. The van der Waals surface area contributed by atoms with Crippen LogP contribution in [0.2, 0.25) is 0 Å². The van der Waals surface area contributed by atoms with Gasteiger partial charge >= 0.3 is 0 Å². The van der Waals surface area contributed by atoms with Crippen molar-refractivity contribution in [1.29, 1.82) is 0 Å². The zero-order valence-electron chi connectivity index (χ0n) is 6.54. The lowest BCUT2D eigenvalue weighted by Crippen LogP contribution is -2.03. The lowest BCUT2D eigenvalue weighted by atomic mass is 10.2. The predicted octanol–water partition coefficient (Wildman–Crippen LogP) is 1.16. The molecule has 0 aromatic carbocycles. The second-order valence-corrected chi connectivity index (χ2v) is 2.97. The van der Waals surface area contributed by atoms with Crippen LogP contribution in [0, 0.1) is 0 Å². The minimum atomic E-state index is -0.186. The standard InChI is InChI=1S/C8H5N3OS/c12-8(6-1-4-13-11-6)7-5-9-2-3-10-7/h1-5H. The largest absolute Gasteiger partial charge is 0.285 e. The van der Waals surface area contributed by atoms with E-state index in [2.05, 4.69) is 14.3 Å². The molecular weight excluding hydrogens is 186 g/mol. The van der Waals surface area contributed by atoms with Crippen LogP contribution in [0.25, 0.3) is 0 Å². The summed E-state index contributed by atoms with van der Waals surface area (Å²) in [6, 6.07) is 1.67. The van der Waals surface area contributed by atoms with E-state index in [-0.39, 0.29) is 5.78 Å². The quantitative estimate of drug-likeness (QED) is 0.668. The summed E-state index contributed by atoms with van der Waals surface area (Å²) >= 11 is 1.24. The Morgan fingerprint density at radius 3 is 2.85 bits per heavy atom. The van der Waals surface area contributed by atoms with Crippen molar-refractivity contribution >= 4 is 17.3 Å². The maximum atomic E-state index is 11.5. The third-order valence-electron chi connectivity index (χ3n) is 1.47. The Morgan fingerprint density at radius 2 is 2.23 bits per heavy atom. The monoisotopic (exact) mass is 191 g/mol. The van der Waals surface area contributed by atoms with Gasteiger partial charge in [-0.3, -0.25) is 9.78 Å². The van der Waals surface area contributed by atoms with Gasteiger partial charge in [0.2, 0.25) is 5.78 Å². The number of rotatable bonds is 2. The fourth-order valence-corrected chi connectivity index (χ4v) is 1.39. The Hall–Kier alpha value is -1.62. The van der Waals surface area contributed by atoms with Crippen LogP contribution in [0.3, 0.4) is 0 Å². The Bertz CT molecular complexity index is 399. The lowest BCUT2D eigenvalue weighted by molar-refractivity contribution is 0.103. The summed E-state index contributed by atoms with van der Waals surface area (Å²) in [5, 5.41) is 1.75. The van der Waals surface area contributed by atoms with Gasteiger partial charge in [0.05, 0.1) is 6.20 Å². The minimum Gasteiger partial charge on any atom is -0.285 e. The summed E-state index contributed by atoms with van der Waals surface area (Å²) in [5.74, 6) is -0.186. The molecule has 0 saturated heterocycles. The molecule has 2 rings (SSSR count). The van der Waals surface area contributed by atoms with E-state index in [0.717, 1.165) is 0 Å². The average Bonchev–Trinajstić information content (AvgIpc) is 2.71. The van der Waals surface area contributed by atoms with Crippen LogP contribution in [0.5, 0.6) is 0 Å². The molecule has 5 heteroatoms. The average molecular weight is 191 g/mol. The molecular formula is C8H5N3OS. The van der Waals surface area contributed by atoms with Gasteiger partial charge in [-0.05, 0) is 17.6 Å². The highest BCUT2D eigenvalue weighted by Gasteiger charge is 2.11. The second-order valence-electron chi connectivity index (χ2n) is 2.30. The van der Waals surface area contributed by atoms with Crippen LogP contribution < -0.4 is 0 Å². The number of hydrogen-bond acceptors (Lipinski definition) is 5. The van der Waals surface area contributed by atoms with Crippen molar-refractivity contribution in [2.45, 2.75) is 0 Å². The highest BCUT2D eigenvalue weighted by atomic mass is 32.1. The molecule has 0 aliphatic heterocycles. The summed E-state index contributed by atoms with van der Waals surface area (Å²) in [5.41, 5.74) is 0.749. The lowest BCUT2D eigenvalue weighted by Gasteiger charge is -1.93. The van der Waals surface area contributed by atoms with Gasteiger partial charge in [0.15, 0.2) is 0 Å². The van der Waals surface area contributed by atoms with Crippen molar-refractivity contribution in [3.8, 4) is 0 Å². The first-order valence-electron chi connectivity index (χ1n) is 3.59. The number of carbonyl (C=O) groups excluding carboxylic acids is 1. The molecule has 4 nitrogen and oxygen atoms in total. The highest BCUT2D eigenvalue weighted by Crippen LogP contribution is 2.05. The van der Waals surface area contributed by atoms with E-state index in [1.165, 1.54) is 30.1 Å². The molecule has 0 unspecified atom stereocenters. The molecule has 2 aromatic rings. The number of aromatic nitrogens is 3. The number of carbonyl (C=O) groups is 1. The van der Waals surface area contributed by atoms with Gasteiger partial charge in [-0.2, -0.15) is 4.37 Å². The van der Waals surface area contributed by atoms with Gasteiger partial charge in [0.1, 0.15) is 11.4 Å². The van der Waals surface area contributed by atoms with E-state index < -0.39 is 0 Å². The molecule has 0 aliphatic carbocycles. The molecule has 0 bridgehead atoms. The van der Waals surface area contributed by atoms with E-state index in [0.29, 0.717) is 11.4 Å². The normalized spacial score (nSPS) is 9.85. The van der Waals surface area contributed by atoms with Crippen molar-refractivity contribution < 1.29 is 4.79 Å². The van der Waals surface area contributed by atoms with Gasteiger partial charge in [0, 0.05) is 17.8 Å². The summed E-state index contributed by atoms with van der Waals surface area (Å²) in [6.45, 7) is 0. The molecule has 0 radical (unpaired) electrons. The van der Waals surface area contributed by atoms with Gasteiger partial charge in [-0.1, -0.05) is 0 Å².